The lowest BCUT2D eigenvalue weighted by Crippen LogP contribution is -2.20. The third-order valence-corrected chi connectivity index (χ3v) is 5.17. The summed E-state index contributed by atoms with van der Waals surface area (Å²) in [5, 5.41) is 0. The highest BCUT2D eigenvalue weighted by atomic mass is 15.0. The Morgan fingerprint density at radius 2 is 1.45 bits per heavy atom. The van der Waals surface area contributed by atoms with Gasteiger partial charge in [0.1, 0.15) is 5.82 Å². The van der Waals surface area contributed by atoms with E-state index in [1.165, 1.54) is 17.2 Å². The molecular formula is C18H34N2. The number of H-pyrrole nitrogens is 1. The molecule has 0 bridgehead atoms. The summed E-state index contributed by atoms with van der Waals surface area (Å²) < 4.78 is 0. The highest BCUT2D eigenvalue weighted by Gasteiger charge is 2.30. The Labute approximate surface area is 125 Å². The zero-order valence-corrected chi connectivity index (χ0v) is 15.0. The van der Waals surface area contributed by atoms with Crippen molar-refractivity contribution in [3.05, 3.63) is 17.2 Å². The average Bonchev–Trinajstić information content (AvgIpc) is 2.82. The molecule has 0 aliphatic carbocycles. The molecule has 1 heterocycles. The van der Waals surface area contributed by atoms with Crippen molar-refractivity contribution in [2.45, 2.75) is 86.0 Å². The zero-order chi connectivity index (χ0) is 15.7. The SMILES string of the molecule is CCC(C)(C)c1[nH]c(C(C)C(C)C)nc1C(C)C(C)C. The van der Waals surface area contributed by atoms with E-state index < -0.39 is 0 Å². The molecule has 0 fully saturated rings. The number of nitrogens with zero attached hydrogens (tertiary/aromatic N) is 1. The molecule has 1 aromatic rings. The quantitative estimate of drug-likeness (QED) is 0.719. The molecule has 2 unspecified atom stereocenters. The van der Waals surface area contributed by atoms with Gasteiger partial charge in [0.25, 0.3) is 0 Å². The third kappa shape index (κ3) is 3.45. The maximum atomic E-state index is 5.01. The van der Waals surface area contributed by atoms with E-state index in [1.54, 1.807) is 0 Å². The highest BCUT2D eigenvalue weighted by Crippen LogP contribution is 2.36. The lowest BCUT2D eigenvalue weighted by atomic mass is 9.81. The van der Waals surface area contributed by atoms with Gasteiger partial charge in [-0.25, -0.2) is 4.98 Å². The summed E-state index contributed by atoms with van der Waals surface area (Å²) in [6.45, 7) is 20.6. The number of nitrogens with one attached hydrogen (secondary N) is 1. The minimum Gasteiger partial charge on any atom is -0.345 e. The van der Waals surface area contributed by atoms with Crippen molar-refractivity contribution >= 4 is 0 Å². The molecule has 0 aliphatic rings. The fraction of sp³-hybridized carbons (Fsp3) is 0.833. The van der Waals surface area contributed by atoms with Crippen LogP contribution in [0, 0.1) is 11.8 Å². The van der Waals surface area contributed by atoms with Crippen molar-refractivity contribution in [1.29, 1.82) is 0 Å². The Hall–Kier alpha value is -0.790. The topological polar surface area (TPSA) is 28.7 Å². The number of aromatic nitrogens is 2. The highest BCUT2D eigenvalue weighted by molar-refractivity contribution is 5.27. The van der Waals surface area contributed by atoms with Crippen LogP contribution in [0.15, 0.2) is 0 Å². The smallest absolute Gasteiger partial charge is 0.109 e. The monoisotopic (exact) mass is 278 g/mol. The minimum atomic E-state index is 0.167. The van der Waals surface area contributed by atoms with Gasteiger partial charge in [-0.15, -0.1) is 0 Å². The molecule has 0 radical (unpaired) electrons. The number of imidazole rings is 1. The lowest BCUT2D eigenvalue weighted by molar-refractivity contribution is 0.461. The van der Waals surface area contributed by atoms with Crippen molar-refractivity contribution in [3.8, 4) is 0 Å². The van der Waals surface area contributed by atoms with Crippen molar-refractivity contribution in [2.24, 2.45) is 11.8 Å². The molecule has 2 atom stereocenters. The summed E-state index contributed by atoms with van der Waals surface area (Å²) in [5.74, 6) is 3.38. The summed E-state index contributed by atoms with van der Waals surface area (Å²) >= 11 is 0. The Kier molecular flexibility index (Phi) is 5.46. The van der Waals surface area contributed by atoms with Gasteiger partial charge in [0, 0.05) is 22.9 Å². The fourth-order valence-corrected chi connectivity index (χ4v) is 2.28. The molecular weight excluding hydrogens is 244 g/mol. The molecule has 1 rings (SSSR count). The number of aromatic amines is 1. The molecule has 0 aliphatic heterocycles. The first-order valence-electron chi connectivity index (χ1n) is 8.22. The van der Waals surface area contributed by atoms with Crippen LogP contribution in [0.4, 0.5) is 0 Å². The molecule has 0 saturated heterocycles. The van der Waals surface area contributed by atoms with Gasteiger partial charge in [-0.3, -0.25) is 0 Å². The predicted molar refractivity (Wildman–Crippen MR) is 88.4 cm³/mol. The van der Waals surface area contributed by atoms with Crippen LogP contribution in [-0.4, -0.2) is 9.97 Å². The van der Waals surface area contributed by atoms with Crippen molar-refractivity contribution in [2.75, 3.05) is 0 Å². The Bertz CT molecular complexity index is 427. The van der Waals surface area contributed by atoms with E-state index in [4.69, 9.17) is 4.98 Å². The zero-order valence-electron chi connectivity index (χ0n) is 15.0. The second kappa shape index (κ2) is 6.32. The van der Waals surface area contributed by atoms with E-state index in [-0.39, 0.29) is 5.41 Å². The maximum absolute atomic E-state index is 5.01. The molecule has 0 aromatic carbocycles. The average molecular weight is 278 g/mol. The van der Waals surface area contributed by atoms with Crippen molar-refractivity contribution < 1.29 is 0 Å². The summed E-state index contributed by atoms with van der Waals surface area (Å²) in [7, 11) is 0. The van der Waals surface area contributed by atoms with E-state index >= 15 is 0 Å². The molecule has 1 aromatic heterocycles. The number of hydrogen-bond acceptors (Lipinski definition) is 1. The van der Waals surface area contributed by atoms with Gasteiger partial charge in [-0.1, -0.05) is 62.3 Å². The van der Waals surface area contributed by atoms with Crippen LogP contribution in [-0.2, 0) is 5.41 Å². The summed E-state index contributed by atoms with van der Waals surface area (Å²) in [5.41, 5.74) is 2.80. The van der Waals surface area contributed by atoms with Gasteiger partial charge in [0.05, 0.1) is 5.69 Å². The molecule has 2 heteroatoms. The minimum absolute atomic E-state index is 0.167. The summed E-state index contributed by atoms with van der Waals surface area (Å²) in [4.78, 5) is 8.69. The second-order valence-corrected chi connectivity index (χ2v) is 7.69. The Balaban J connectivity index is 3.33. The fourth-order valence-electron chi connectivity index (χ4n) is 2.28. The second-order valence-electron chi connectivity index (χ2n) is 7.69. The lowest BCUT2D eigenvalue weighted by Gasteiger charge is -2.25. The largest absolute Gasteiger partial charge is 0.345 e. The van der Waals surface area contributed by atoms with E-state index in [0.717, 1.165) is 6.42 Å². The van der Waals surface area contributed by atoms with Gasteiger partial charge in [0.15, 0.2) is 0 Å². The van der Waals surface area contributed by atoms with Gasteiger partial charge in [0.2, 0.25) is 0 Å². The maximum Gasteiger partial charge on any atom is 0.109 e. The van der Waals surface area contributed by atoms with E-state index in [1.807, 2.05) is 0 Å². The first-order valence-corrected chi connectivity index (χ1v) is 8.22. The molecule has 0 saturated carbocycles. The van der Waals surface area contributed by atoms with Crippen molar-refractivity contribution in [3.63, 3.8) is 0 Å². The van der Waals surface area contributed by atoms with Crippen LogP contribution in [0.2, 0.25) is 0 Å². The Morgan fingerprint density at radius 3 is 1.85 bits per heavy atom. The van der Waals surface area contributed by atoms with Crippen LogP contribution in [0.1, 0.15) is 97.8 Å². The molecule has 2 nitrogen and oxygen atoms in total. The molecule has 0 amide bonds. The first kappa shape index (κ1) is 17.3. The predicted octanol–water partition coefficient (Wildman–Crippen LogP) is 5.62. The molecule has 116 valence electrons. The summed E-state index contributed by atoms with van der Waals surface area (Å²) in [6.07, 6.45) is 1.13. The number of rotatable bonds is 6. The van der Waals surface area contributed by atoms with Crippen LogP contribution in [0.3, 0.4) is 0 Å². The first-order chi connectivity index (χ1) is 9.11. The van der Waals surface area contributed by atoms with Crippen LogP contribution in [0.25, 0.3) is 0 Å². The van der Waals surface area contributed by atoms with E-state index in [9.17, 15) is 0 Å². The normalized spacial score (nSPS) is 15.9. The van der Waals surface area contributed by atoms with E-state index in [0.29, 0.717) is 23.7 Å². The van der Waals surface area contributed by atoms with Gasteiger partial charge < -0.3 is 4.98 Å². The van der Waals surface area contributed by atoms with Gasteiger partial charge in [-0.05, 0) is 18.3 Å². The molecule has 0 spiro atoms. The van der Waals surface area contributed by atoms with E-state index in [2.05, 4.69) is 67.3 Å². The standard InChI is InChI=1S/C18H34N2/c1-10-18(8,9)16-15(13(6)11(2)3)19-17(20-16)14(7)12(4)5/h11-14H,10H2,1-9H3,(H,19,20). The summed E-state index contributed by atoms with van der Waals surface area (Å²) in [6, 6.07) is 0. The molecule has 20 heavy (non-hydrogen) atoms. The number of hydrogen-bond donors (Lipinski definition) is 1. The van der Waals surface area contributed by atoms with Gasteiger partial charge >= 0.3 is 0 Å². The van der Waals surface area contributed by atoms with Gasteiger partial charge in [-0.2, -0.15) is 0 Å². The third-order valence-electron chi connectivity index (χ3n) is 5.17. The van der Waals surface area contributed by atoms with Crippen LogP contribution >= 0.6 is 0 Å². The molecule has 1 N–H and O–H groups in total. The van der Waals surface area contributed by atoms with Crippen LogP contribution < -0.4 is 0 Å². The van der Waals surface area contributed by atoms with Crippen LogP contribution in [0.5, 0.6) is 0 Å². The Morgan fingerprint density at radius 1 is 0.950 bits per heavy atom. The van der Waals surface area contributed by atoms with Crippen molar-refractivity contribution in [1.82, 2.24) is 9.97 Å².